The van der Waals surface area contributed by atoms with E-state index in [-0.39, 0.29) is 24.1 Å². The van der Waals surface area contributed by atoms with E-state index in [1.54, 1.807) is 11.8 Å². The van der Waals surface area contributed by atoms with Gasteiger partial charge in [0.15, 0.2) is 5.82 Å². The lowest BCUT2D eigenvalue weighted by molar-refractivity contribution is -0.117. The van der Waals surface area contributed by atoms with E-state index in [1.807, 2.05) is 51.1 Å². The van der Waals surface area contributed by atoms with Crippen LogP contribution in [0.5, 0.6) is 0 Å². The van der Waals surface area contributed by atoms with Gasteiger partial charge in [0.05, 0.1) is 17.8 Å². The molecule has 2 N–H and O–H groups in total. The summed E-state index contributed by atoms with van der Waals surface area (Å²) in [5.74, 6) is 0.839. The van der Waals surface area contributed by atoms with Gasteiger partial charge in [0.25, 0.3) is 0 Å². The molecule has 2 amide bonds. The summed E-state index contributed by atoms with van der Waals surface area (Å²) in [7, 11) is 0. The van der Waals surface area contributed by atoms with Crippen molar-refractivity contribution in [3.63, 3.8) is 0 Å². The molecule has 0 saturated carbocycles. The number of amides is 2. The number of rotatable bonds is 4. The summed E-state index contributed by atoms with van der Waals surface area (Å²) in [6, 6.07) is 9.50. The van der Waals surface area contributed by atoms with Crippen LogP contribution in [0.3, 0.4) is 0 Å². The molecule has 0 radical (unpaired) electrons. The largest absolute Gasteiger partial charge is 0.447 e. The number of anilines is 2. The second-order valence-corrected chi connectivity index (χ2v) is 8.91. The maximum atomic E-state index is 12.4. The molecule has 9 nitrogen and oxygen atoms in total. The van der Waals surface area contributed by atoms with Crippen LogP contribution in [-0.2, 0) is 9.53 Å². The summed E-state index contributed by atoms with van der Waals surface area (Å²) < 4.78 is 5.30. The van der Waals surface area contributed by atoms with Crippen molar-refractivity contribution in [2.24, 2.45) is 0 Å². The number of hydrogen-bond acceptors (Lipinski definition) is 7. The molecule has 4 rings (SSSR count). The molecule has 2 aliphatic rings. The normalized spacial score (nSPS) is 20.4. The average Bonchev–Trinajstić information content (AvgIpc) is 2.79. The molecule has 0 unspecified atom stereocenters. The van der Waals surface area contributed by atoms with E-state index in [0.29, 0.717) is 6.42 Å². The third-order valence-electron chi connectivity index (χ3n) is 6.04. The van der Waals surface area contributed by atoms with Gasteiger partial charge >= 0.3 is 6.09 Å². The lowest BCUT2D eigenvalue weighted by Gasteiger charge is -2.39. The zero-order chi connectivity index (χ0) is 23.5. The van der Waals surface area contributed by atoms with E-state index in [1.165, 1.54) is 0 Å². The van der Waals surface area contributed by atoms with Gasteiger partial charge in [-0.3, -0.25) is 4.79 Å². The van der Waals surface area contributed by atoms with E-state index in [4.69, 9.17) is 4.74 Å². The van der Waals surface area contributed by atoms with Crippen molar-refractivity contribution in [1.29, 1.82) is 0 Å². The van der Waals surface area contributed by atoms with Crippen molar-refractivity contribution in [2.75, 3.05) is 36.0 Å². The Bertz CT molecular complexity index is 1000. The van der Waals surface area contributed by atoms with Crippen molar-refractivity contribution >= 4 is 23.5 Å². The number of aromatic nitrogens is 2. The van der Waals surface area contributed by atoms with E-state index in [2.05, 4.69) is 25.7 Å². The highest BCUT2D eigenvalue weighted by molar-refractivity contribution is 5.94. The Hall–Kier alpha value is -3.20. The Kier molecular flexibility index (Phi) is 6.78. The predicted octanol–water partition coefficient (Wildman–Crippen LogP) is 2.87. The Balaban J connectivity index is 1.64. The second-order valence-electron chi connectivity index (χ2n) is 8.91. The molecule has 1 fully saturated rings. The minimum Gasteiger partial charge on any atom is -0.447 e. The summed E-state index contributed by atoms with van der Waals surface area (Å²) in [5.41, 5.74) is 3.29. The third kappa shape index (κ3) is 5.08. The fraction of sp³-hybridized carbons (Fsp3) is 0.500. The number of piperazine rings is 1. The van der Waals surface area contributed by atoms with Crippen LogP contribution in [0.1, 0.15) is 45.7 Å². The van der Waals surface area contributed by atoms with Gasteiger partial charge in [0.1, 0.15) is 0 Å². The van der Waals surface area contributed by atoms with Crippen LogP contribution in [0.25, 0.3) is 11.3 Å². The summed E-state index contributed by atoms with van der Waals surface area (Å²) in [6.45, 7) is 10.9. The van der Waals surface area contributed by atoms with Gasteiger partial charge in [-0.25, -0.2) is 4.79 Å². The van der Waals surface area contributed by atoms with E-state index < -0.39 is 6.09 Å². The Morgan fingerprint density at radius 2 is 1.91 bits per heavy atom. The zero-order valence-corrected chi connectivity index (χ0v) is 19.7. The van der Waals surface area contributed by atoms with Gasteiger partial charge < -0.3 is 25.2 Å². The number of fused-ring (bicyclic) bond motifs is 1. The molecular weight excluding hydrogens is 420 g/mol. The molecule has 2 atom stereocenters. The van der Waals surface area contributed by atoms with Crippen LogP contribution in [-0.4, -0.2) is 60.5 Å². The Morgan fingerprint density at radius 3 is 2.55 bits per heavy atom. The van der Waals surface area contributed by atoms with Crippen molar-refractivity contribution in [3.8, 4) is 11.3 Å². The smallest absolute Gasteiger partial charge is 0.407 e. The monoisotopic (exact) mass is 452 g/mol. The molecule has 3 heterocycles. The number of hydrogen-bond donors (Lipinski definition) is 2. The number of carbonyl (C=O) groups is 2. The molecule has 0 aliphatic carbocycles. The molecular formula is C24H32N6O3. The maximum absolute atomic E-state index is 12.4. The topological polar surface area (TPSA) is 99.7 Å². The third-order valence-corrected chi connectivity index (χ3v) is 6.04. The molecule has 2 aliphatic heterocycles. The van der Waals surface area contributed by atoms with Crippen LogP contribution < -0.4 is 20.4 Å². The van der Waals surface area contributed by atoms with Crippen LogP contribution in [0.15, 0.2) is 30.3 Å². The number of benzene rings is 1. The number of carbonyl (C=O) groups excluding carboxylic acids is 2. The highest BCUT2D eigenvalue weighted by Gasteiger charge is 2.34. The highest BCUT2D eigenvalue weighted by Crippen LogP contribution is 2.39. The molecule has 1 saturated heterocycles. The van der Waals surface area contributed by atoms with Crippen molar-refractivity contribution in [2.45, 2.75) is 52.3 Å². The molecule has 0 bridgehead atoms. The summed E-state index contributed by atoms with van der Waals surface area (Å²) in [4.78, 5) is 28.7. The van der Waals surface area contributed by atoms with Gasteiger partial charge in [-0.05, 0) is 57.0 Å². The number of ether oxygens (including phenoxy) is 1. The SMILES string of the molecule is CC(=O)N1c2ccc(-c3ccc(N4CCNCC4)nn3)cc2[C@H](NC(=O)OC(C)C)C[C@@H]1C. The molecule has 1 aromatic heterocycles. The van der Waals surface area contributed by atoms with Crippen LogP contribution in [0.2, 0.25) is 0 Å². The van der Waals surface area contributed by atoms with E-state index in [0.717, 1.165) is 54.5 Å². The Labute approximate surface area is 194 Å². The lowest BCUT2D eigenvalue weighted by Crippen LogP contribution is -2.45. The van der Waals surface area contributed by atoms with Crippen LogP contribution >= 0.6 is 0 Å². The molecule has 176 valence electrons. The summed E-state index contributed by atoms with van der Waals surface area (Å²) in [6.07, 6.45) is -0.0818. The van der Waals surface area contributed by atoms with Gasteiger partial charge in [-0.15, -0.1) is 10.2 Å². The van der Waals surface area contributed by atoms with Crippen molar-refractivity contribution < 1.29 is 14.3 Å². The maximum Gasteiger partial charge on any atom is 0.407 e. The molecule has 33 heavy (non-hydrogen) atoms. The quantitative estimate of drug-likeness (QED) is 0.736. The van der Waals surface area contributed by atoms with Crippen molar-refractivity contribution in [3.05, 3.63) is 35.9 Å². The first-order valence-corrected chi connectivity index (χ1v) is 11.5. The first kappa shape index (κ1) is 23.0. The van der Waals surface area contributed by atoms with Crippen molar-refractivity contribution in [1.82, 2.24) is 20.8 Å². The number of alkyl carbamates (subject to hydrolysis) is 1. The lowest BCUT2D eigenvalue weighted by atomic mass is 9.90. The molecule has 1 aromatic carbocycles. The minimum absolute atomic E-state index is 0.0279. The fourth-order valence-electron chi connectivity index (χ4n) is 4.57. The average molecular weight is 453 g/mol. The van der Waals surface area contributed by atoms with E-state index >= 15 is 0 Å². The first-order chi connectivity index (χ1) is 15.8. The Morgan fingerprint density at radius 1 is 1.15 bits per heavy atom. The van der Waals surface area contributed by atoms with Gasteiger partial charge in [0.2, 0.25) is 5.91 Å². The summed E-state index contributed by atoms with van der Waals surface area (Å²) in [5, 5.41) is 15.2. The molecule has 2 aromatic rings. The van der Waals surface area contributed by atoms with Gasteiger partial charge in [-0.2, -0.15) is 0 Å². The number of nitrogens with one attached hydrogen (secondary N) is 2. The highest BCUT2D eigenvalue weighted by atomic mass is 16.6. The van der Waals surface area contributed by atoms with Gasteiger partial charge in [-0.1, -0.05) is 6.07 Å². The second kappa shape index (κ2) is 9.74. The predicted molar refractivity (Wildman–Crippen MR) is 127 cm³/mol. The van der Waals surface area contributed by atoms with E-state index in [9.17, 15) is 9.59 Å². The standard InChI is InChI=1S/C24H32N6O3/c1-15(2)33-24(32)26-21-13-16(3)30(17(4)31)22-7-5-18(14-19(21)22)20-6-8-23(28-27-20)29-11-9-25-10-12-29/h5-8,14-16,21,25H,9-13H2,1-4H3,(H,26,32)/t16-,21+/m0/s1. The minimum atomic E-state index is -0.463. The van der Waals surface area contributed by atoms with Gasteiger partial charge in [0, 0.05) is 50.4 Å². The van der Waals surface area contributed by atoms with Crippen LogP contribution in [0, 0.1) is 0 Å². The van der Waals surface area contributed by atoms with Crippen LogP contribution in [0.4, 0.5) is 16.3 Å². The zero-order valence-electron chi connectivity index (χ0n) is 19.7. The molecule has 0 spiro atoms. The molecule has 9 heteroatoms. The fourth-order valence-corrected chi connectivity index (χ4v) is 4.57. The first-order valence-electron chi connectivity index (χ1n) is 11.5. The summed E-state index contributed by atoms with van der Waals surface area (Å²) >= 11 is 0. The number of nitrogens with zero attached hydrogens (tertiary/aromatic N) is 4.